The molecule has 0 saturated heterocycles. The van der Waals surface area contributed by atoms with E-state index >= 15 is 0 Å². The van der Waals surface area contributed by atoms with Crippen LogP contribution in [0.4, 0.5) is 0 Å². The predicted molar refractivity (Wildman–Crippen MR) is 108 cm³/mol. The van der Waals surface area contributed by atoms with Crippen molar-refractivity contribution in [2.75, 3.05) is 0 Å². The van der Waals surface area contributed by atoms with Gasteiger partial charge in [0.15, 0.2) is 6.10 Å². The third-order valence-electron chi connectivity index (χ3n) is 4.98. The van der Waals surface area contributed by atoms with Crippen molar-refractivity contribution in [1.29, 1.82) is 0 Å². The number of benzene rings is 2. The van der Waals surface area contributed by atoms with Crippen LogP contribution < -0.4 is 10.1 Å². The number of rotatable bonds is 6. The minimum absolute atomic E-state index is 0.0574. The number of hydrogen-bond donors (Lipinski definition) is 1. The fraction of sp³-hybridized carbons (Fsp3) is 0.435. The summed E-state index contributed by atoms with van der Waals surface area (Å²) in [6.45, 7) is 14.3. The molecule has 0 aromatic heterocycles. The first-order valence-electron chi connectivity index (χ1n) is 9.35. The lowest BCUT2D eigenvalue weighted by atomic mass is 9.96. The van der Waals surface area contributed by atoms with Crippen LogP contribution in [0.25, 0.3) is 0 Å². The summed E-state index contributed by atoms with van der Waals surface area (Å²) < 4.78 is 6.03. The van der Waals surface area contributed by atoms with Crippen LogP contribution in [0.2, 0.25) is 0 Å². The molecule has 2 atom stereocenters. The van der Waals surface area contributed by atoms with Crippen LogP contribution in [0.1, 0.15) is 59.7 Å². The van der Waals surface area contributed by atoms with E-state index in [2.05, 4.69) is 38.2 Å². The minimum Gasteiger partial charge on any atom is -0.480 e. The molecule has 0 heterocycles. The van der Waals surface area contributed by atoms with Gasteiger partial charge in [-0.3, -0.25) is 4.79 Å². The van der Waals surface area contributed by atoms with Crippen LogP contribution in [0.15, 0.2) is 30.3 Å². The molecule has 0 saturated carbocycles. The van der Waals surface area contributed by atoms with Gasteiger partial charge >= 0.3 is 0 Å². The van der Waals surface area contributed by atoms with Crippen LogP contribution in [0.5, 0.6) is 5.75 Å². The average Bonchev–Trinajstić information content (AvgIpc) is 2.58. The van der Waals surface area contributed by atoms with Gasteiger partial charge in [-0.1, -0.05) is 31.2 Å². The Hall–Kier alpha value is -2.29. The van der Waals surface area contributed by atoms with Gasteiger partial charge in [-0.15, -0.1) is 0 Å². The summed E-state index contributed by atoms with van der Waals surface area (Å²) in [5.41, 5.74) is 7.03. The van der Waals surface area contributed by atoms with E-state index in [0.29, 0.717) is 6.42 Å². The molecule has 140 valence electrons. The first kappa shape index (κ1) is 20.0. The quantitative estimate of drug-likeness (QED) is 0.769. The number of carbonyl (C=O) groups is 1. The van der Waals surface area contributed by atoms with Crippen LogP contribution in [-0.4, -0.2) is 12.0 Å². The fourth-order valence-electron chi connectivity index (χ4n) is 3.14. The molecule has 1 amide bonds. The normalized spacial score (nSPS) is 13.2. The largest absolute Gasteiger partial charge is 0.480 e. The van der Waals surface area contributed by atoms with Crippen LogP contribution >= 0.6 is 0 Å². The lowest BCUT2D eigenvalue weighted by Gasteiger charge is -2.23. The molecule has 0 fully saturated rings. The standard InChI is InChI=1S/C23H31NO2/c1-8-21(26-22-11-14(2)9-10-15(22)3)23(25)24-19(7)20-13-17(5)16(4)12-18(20)6/h9-13,19,21H,8H2,1-7H3,(H,24,25). The Kier molecular flexibility index (Phi) is 6.47. The van der Waals surface area contributed by atoms with Crippen molar-refractivity contribution in [3.63, 3.8) is 0 Å². The van der Waals surface area contributed by atoms with Gasteiger partial charge in [0.25, 0.3) is 5.91 Å². The molecular formula is C23H31NO2. The van der Waals surface area contributed by atoms with Gasteiger partial charge in [0.05, 0.1) is 6.04 Å². The highest BCUT2D eigenvalue weighted by Crippen LogP contribution is 2.24. The van der Waals surface area contributed by atoms with Crippen molar-refractivity contribution in [2.45, 2.75) is 67.0 Å². The van der Waals surface area contributed by atoms with Gasteiger partial charge in [-0.05, 0) is 87.4 Å². The lowest BCUT2D eigenvalue weighted by molar-refractivity contribution is -0.128. The summed E-state index contributed by atoms with van der Waals surface area (Å²) in [5.74, 6) is 0.709. The summed E-state index contributed by atoms with van der Waals surface area (Å²) in [6, 6.07) is 10.4. The summed E-state index contributed by atoms with van der Waals surface area (Å²) in [5, 5.41) is 3.13. The zero-order valence-corrected chi connectivity index (χ0v) is 17.1. The Balaban J connectivity index is 2.13. The zero-order valence-electron chi connectivity index (χ0n) is 17.1. The van der Waals surface area contributed by atoms with Gasteiger partial charge in [0.2, 0.25) is 0 Å². The number of ether oxygens (including phenoxy) is 1. The average molecular weight is 354 g/mol. The van der Waals surface area contributed by atoms with Crippen molar-refractivity contribution >= 4 is 5.91 Å². The third kappa shape index (κ3) is 4.66. The molecule has 3 nitrogen and oxygen atoms in total. The predicted octanol–water partition coefficient (Wildman–Crippen LogP) is 5.26. The van der Waals surface area contributed by atoms with E-state index in [9.17, 15) is 4.79 Å². The third-order valence-corrected chi connectivity index (χ3v) is 4.98. The van der Waals surface area contributed by atoms with Gasteiger partial charge in [0, 0.05) is 0 Å². The molecule has 0 aliphatic heterocycles. The maximum absolute atomic E-state index is 12.8. The van der Waals surface area contributed by atoms with Gasteiger partial charge in [-0.2, -0.15) is 0 Å². The zero-order chi connectivity index (χ0) is 19.4. The Morgan fingerprint density at radius 2 is 1.62 bits per heavy atom. The molecule has 2 aromatic rings. The molecule has 2 unspecified atom stereocenters. The molecule has 3 heteroatoms. The molecule has 26 heavy (non-hydrogen) atoms. The fourth-order valence-corrected chi connectivity index (χ4v) is 3.14. The van der Waals surface area contributed by atoms with E-state index in [4.69, 9.17) is 4.74 Å². The van der Waals surface area contributed by atoms with E-state index in [1.165, 1.54) is 16.7 Å². The minimum atomic E-state index is -0.496. The molecule has 0 radical (unpaired) electrons. The van der Waals surface area contributed by atoms with Crippen LogP contribution in [0, 0.1) is 34.6 Å². The summed E-state index contributed by atoms with van der Waals surface area (Å²) in [6.07, 6.45) is 0.127. The second-order valence-corrected chi connectivity index (χ2v) is 7.31. The van der Waals surface area contributed by atoms with E-state index in [1.807, 2.05) is 45.9 Å². The highest BCUT2D eigenvalue weighted by molar-refractivity contribution is 5.81. The molecular weight excluding hydrogens is 322 g/mol. The maximum Gasteiger partial charge on any atom is 0.261 e. The van der Waals surface area contributed by atoms with E-state index in [-0.39, 0.29) is 11.9 Å². The van der Waals surface area contributed by atoms with E-state index < -0.39 is 6.10 Å². The number of nitrogens with one attached hydrogen (secondary N) is 1. The highest BCUT2D eigenvalue weighted by atomic mass is 16.5. The van der Waals surface area contributed by atoms with Crippen molar-refractivity contribution in [3.8, 4) is 5.75 Å². The summed E-state index contributed by atoms with van der Waals surface area (Å²) in [7, 11) is 0. The molecule has 0 bridgehead atoms. The molecule has 1 N–H and O–H groups in total. The monoisotopic (exact) mass is 353 g/mol. The Morgan fingerprint density at radius 1 is 0.962 bits per heavy atom. The Labute approximate surface area is 157 Å². The van der Waals surface area contributed by atoms with Crippen molar-refractivity contribution in [1.82, 2.24) is 5.32 Å². The van der Waals surface area contributed by atoms with Crippen molar-refractivity contribution in [3.05, 3.63) is 63.7 Å². The van der Waals surface area contributed by atoms with Gasteiger partial charge < -0.3 is 10.1 Å². The SMILES string of the molecule is CCC(Oc1cc(C)ccc1C)C(=O)NC(C)c1cc(C)c(C)cc1C. The Morgan fingerprint density at radius 3 is 2.27 bits per heavy atom. The lowest BCUT2D eigenvalue weighted by Crippen LogP contribution is -2.39. The smallest absolute Gasteiger partial charge is 0.261 e. The molecule has 0 aliphatic carbocycles. The highest BCUT2D eigenvalue weighted by Gasteiger charge is 2.22. The second kappa shape index (κ2) is 8.39. The molecule has 0 aliphatic rings. The van der Waals surface area contributed by atoms with E-state index in [0.717, 1.165) is 22.4 Å². The number of amides is 1. The first-order valence-corrected chi connectivity index (χ1v) is 9.35. The second-order valence-electron chi connectivity index (χ2n) is 7.31. The maximum atomic E-state index is 12.8. The number of hydrogen-bond acceptors (Lipinski definition) is 2. The number of aryl methyl sites for hydroxylation is 5. The van der Waals surface area contributed by atoms with Gasteiger partial charge in [0.1, 0.15) is 5.75 Å². The van der Waals surface area contributed by atoms with Crippen molar-refractivity contribution < 1.29 is 9.53 Å². The topological polar surface area (TPSA) is 38.3 Å². The molecule has 0 spiro atoms. The van der Waals surface area contributed by atoms with E-state index in [1.54, 1.807) is 0 Å². The van der Waals surface area contributed by atoms with Gasteiger partial charge in [-0.25, -0.2) is 0 Å². The summed E-state index contributed by atoms with van der Waals surface area (Å²) in [4.78, 5) is 12.8. The Bertz CT molecular complexity index is 795. The van der Waals surface area contributed by atoms with Crippen LogP contribution in [0.3, 0.4) is 0 Å². The number of carbonyl (C=O) groups excluding carboxylic acids is 1. The first-order chi connectivity index (χ1) is 12.2. The molecule has 2 rings (SSSR count). The summed E-state index contributed by atoms with van der Waals surface area (Å²) >= 11 is 0. The van der Waals surface area contributed by atoms with Crippen LogP contribution in [-0.2, 0) is 4.79 Å². The van der Waals surface area contributed by atoms with Crippen molar-refractivity contribution in [2.24, 2.45) is 0 Å². The molecule has 2 aromatic carbocycles.